The molecule has 0 saturated carbocycles. The number of hydrogen-bond acceptors (Lipinski definition) is 6. The highest BCUT2D eigenvalue weighted by Crippen LogP contribution is 2.38. The number of rotatable bonds is 7. The molecule has 2 aromatic heterocycles. The molecule has 1 amide bonds. The van der Waals surface area contributed by atoms with E-state index in [-0.39, 0.29) is 19.5 Å². The van der Waals surface area contributed by atoms with Crippen molar-refractivity contribution in [3.8, 4) is 17.0 Å². The molecule has 1 saturated heterocycles. The number of aromatic amines is 1. The lowest BCUT2D eigenvalue weighted by atomic mass is 9.88. The van der Waals surface area contributed by atoms with E-state index in [4.69, 9.17) is 14.2 Å². The fourth-order valence-corrected chi connectivity index (χ4v) is 4.82. The number of hydrogen-bond donors (Lipinski definition) is 2. The van der Waals surface area contributed by atoms with Crippen molar-refractivity contribution in [2.24, 2.45) is 0 Å². The summed E-state index contributed by atoms with van der Waals surface area (Å²) in [5, 5.41) is 11.0. The van der Waals surface area contributed by atoms with Crippen LogP contribution in [0.2, 0.25) is 0 Å². The minimum Gasteiger partial charge on any atom is -0.465 e. The highest BCUT2D eigenvalue weighted by atomic mass is 16.7. The minimum absolute atomic E-state index is 0.0385. The van der Waals surface area contributed by atoms with E-state index in [9.17, 15) is 9.90 Å². The largest absolute Gasteiger partial charge is 0.465 e. The molecule has 0 aliphatic carbocycles. The summed E-state index contributed by atoms with van der Waals surface area (Å²) in [6.07, 6.45) is 3.75. The summed E-state index contributed by atoms with van der Waals surface area (Å²) in [6, 6.07) is 8.50. The third kappa shape index (κ3) is 5.82. The van der Waals surface area contributed by atoms with E-state index < -0.39 is 5.60 Å². The second-order valence-electron chi connectivity index (χ2n) is 10.4. The van der Waals surface area contributed by atoms with Gasteiger partial charge in [-0.3, -0.25) is 4.98 Å². The first-order chi connectivity index (χ1) is 17.2. The molecule has 3 heterocycles. The number of likely N-dealkylation sites (tertiary alicyclic amines) is 1. The van der Waals surface area contributed by atoms with Gasteiger partial charge in [-0.2, -0.15) is 0 Å². The van der Waals surface area contributed by atoms with Gasteiger partial charge >= 0.3 is 6.09 Å². The third-order valence-corrected chi connectivity index (χ3v) is 6.52. The molecule has 4 rings (SSSR count). The number of nitrogens with one attached hydrogen (secondary N) is 1. The first-order valence-electron chi connectivity index (χ1n) is 12.5. The molecule has 0 bridgehead atoms. The first kappa shape index (κ1) is 26.0. The Morgan fingerprint density at radius 1 is 1.22 bits per heavy atom. The summed E-state index contributed by atoms with van der Waals surface area (Å²) in [5.74, 6) is 0.986. The number of aryl methyl sites for hydroxylation is 1. The average Bonchev–Trinajstić information content (AvgIpc) is 3.20. The molecule has 1 aliphatic rings. The van der Waals surface area contributed by atoms with E-state index in [1.165, 1.54) is 5.56 Å². The van der Waals surface area contributed by atoms with Crippen LogP contribution in [0.5, 0.6) is 5.75 Å². The summed E-state index contributed by atoms with van der Waals surface area (Å²) in [5.41, 5.74) is 5.51. The van der Waals surface area contributed by atoms with Crippen molar-refractivity contribution < 1.29 is 24.1 Å². The van der Waals surface area contributed by atoms with Gasteiger partial charge in [0.1, 0.15) is 11.4 Å². The van der Waals surface area contributed by atoms with Gasteiger partial charge in [0, 0.05) is 49.0 Å². The van der Waals surface area contributed by atoms with Crippen LogP contribution in [0.3, 0.4) is 0 Å². The highest BCUT2D eigenvalue weighted by molar-refractivity contribution is 5.92. The van der Waals surface area contributed by atoms with Crippen LogP contribution < -0.4 is 4.74 Å². The van der Waals surface area contributed by atoms with Gasteiger partial charge in [-0.1, -0.05) is 6.07 Å². The quantitative estimate of drug-likeness (QED) is 0.439. The molecule has 8 heteroatoms. The Morgan fingerprint density at radius 3 is 2.64 bits per heavy atom. The number of aromatic nitrogens is 2. The van der Waals surface area contributed by atoms with E-state index in [1.54, 1.807) is 18.2 Å². The minimum atomic E-state index is -0.490. The molecule has 194 valence electrons. The van der Waals surface area contributed by atoms with Crippen LogP contribution >= 0.6 is 0 Å². The maximum Gasteiger partial charge on any atom is 0.410 e. The molecule has 0 spiro atoms. The highest BCUT2D eigenvalue weighted by Gasteiger charge is 2.28. The molecule has 2 N–H and O–H groups in total. The molecule has 0 atom stereocenters. The van der Waals surface area contributed by atoms with Crippen molar-refractivity contribution >= 4 is 17.0 Å². The van der Waals surface area contributed by atoms with Gasteiger partial charge in [-0.15, -0.1) is 0 Å². The summed E-state index contributed by atoms with van der Waals surface area (Å²) >= 11 is 0. The molecular weight excluding hydrogens is 458 g/mol. The summed E-state index contributed by atoms with van der Waals surface area (Å²) in [6.45, 7) is 9.13. The van der Waals surface area contributed by atoms with E-state index >= 15 is 0 Å². The van der Waals surface area contributed by atoms with Crippen molar-refractivity contribution in [3.63, 3.8) is 0 Å². The van der Waals surface area contributed by atoms with Crippen LogP contribution in [0.15, 0.2) is 30.5 Å². The van der Waals surface area contributed by atoms with Crippen molar-refractivity contribution in [2.45, 2.75) is 58.5 Å². The fraction of sp³-hybridized carbons (Fsp3) is 0.500. The van der Waals surface area contributed by atoms with E-state index in [0.29, 0.717) is 31.2 Å². The van der Waals surface area contributed by atoms with Crippen LogP contribution in [0.25, 0.3) is 22.2 Å². The van der Waals surface area contributed by atoms with Gasteiger partial charge < -0.3 is 29.2 Å². The summed E-state index contributed by atoms with van der Waals surface area (Å²) < 4.78 is 16.4. The van der Waals surface area contributed by atoms with Gasteiger partial charge in [0.15, 0.2) is 6.79 Å². The lowest BCUT2D eigenvalue weighted by Crippen LogP contribution is -2.41. The topological polar surface area (TPSA) is 96.9 Å². The normalized spacial score (nSPS) is 14.9. The van der Waals surface area contributed by atoms with Gasteiger partial charge in [0.25, 0.3) is 0 Å². The number of methoxy groups -OCH3 is 1. The molecule has 8 nitrogen and oxygen atoms in total. The SMILES string of the molecule is COCOc1cnc(C)cc1-c1[nH]c2ccc(C3CCN(C(=O)OC(C)(C)C)CC3)cc2c1CCO. The Labute approximate surface area is 212 Å². The zero-order valence-corrected chi connectivity index (χ0v) is 21.9. The van der Waals surface area contributed by atoms with E-state index in [1.807, 2.05) is 33.8 Å². The second-order valence-corrected chi connectivity index (χ2v) is 10.4. The molecule has 36 heavy (non-hydrogen) atoms. The standard InChI is InChI=1S/C28H37N3O5/c1-18-14-23(25(16-29-18)35-17-34-5)26-21(10-13-32)22-15-20(6-7-24(22)30-26)19-8-11-31(12-9-19)27(33)36-28(2,3)4/h6-7,14-16,19,30,32H,8-13,17H2,1-5H3. The number of aliphatic hydroxyl groups excluding tert-OH is 1. The zero-order chi connectivity index (χ0) is 25.9. The number of nitrogens with zero attached hydrogens (tertiary/aromatic N) is 2. The number of amides is 1. The number of carbonyl (C=O) groups excluding carboxylic acids is 1. The molecule has 0 radical (unpaired) electrons. The van der Waals surface area contributed by atoms with E-state index in [0.717, 1.165) is 46.3 Å². The van der Waals surface area contributed by atoms with Gasteiger partial charge in [-0.25, -0.2) is 4.79 Å². The number of pyridine rings is 1. The van der Waals surface area contributed by atoms with Gasteiger partial charge in [-0.05, 0) is 82.2 Å². The number of fused-ring (bicyclic) bond motifs is 1. The Balaban J connectivity index is 1.62. The number of ether oxygens (including phenoxy) is 3. The smallest absolute Gasteiger partial charge is 0.410 e. The van der Waals surface area contributed by atoms with Crippen molar-refractivity contribution in [1.29, 1.82) is 0 Å². The number of H-pyrrole nitrogens is 1. The molecule has 0 unspecified atom stereocenters. The Morgan fingerprint density at radius 2 is 1.97 bits per heavy atom. The van der Waals surface area contributed by atoms with Crippen LogP contribution in [-0.2, 0) is 15.9 Å². The maximum atomic E-state index is 12.5. The average molecular weight is 496 g/mol. The second kappa shape index (κ2) is 10.9. The van der Waals surface area contributed by atoms with E-state index in [2.05, 4.69) is 28.2 Å². The third-order valence-electron chi connectivity index (χ3n) is 6.52. The lowest BCUT2D eigenvalue weighted by molar-refractivity contribution is 0.0205. The predicted molar refractivity (Wildman–Crippen MR) is 139 cm³/mol. The van der Waals surface area contributed by atoms with Crippen LogP contribution in [0.4, 0.5) is 4.79 Å². The Hall–Kier alpha value is -3.10. The van der Waals surface area contributed by atoms with Crippen molar-refractivity contribution in [1.82, 2.24) is 14.9 Å². The predicted octanol–water partition coefficient (Wildman–Crippen LogP) is 5.17. The number of piperidine rings is 1. The fourth-order valence-electron chi connectivity index (χ4n) is 4.82. The lowest BCUT2D eigenvalue weighted by Gasteiger charge is -2.33. The maximum absolute atomic E-state index is 12.5. The van der Waals surface area contributed by atoms with Crippen LogP contribution in [-0.4, -0.2) is 65.3 Å². The zero-order valence-electron chi connectivity index (χ0n) is 21.9. The van der Waals surface area contributed by atoms with Crippen molar-refractivity contribution in [3.05, 3.63) is 47.3 Å². The molecular formula is C28H37N3O5. The summed E-state index contributed by atoms with van der Waals surface area (Å²) in [7, 11) is 1.58. The van der Waals surface area contributed by atoms with Crippen LogP contribution in [0, 0.1) is 6.92 Å². The van der Waals surface area contributed by atoms with Crippen molar-refractivity contribution in [2.75, 3.05) is 33.6 Å². The van der Waals surface area contributed by atoms with Gasteiger partial charge in [0.2, 0.25) is 0 Å². The number of carbonyl (C=O) groups is 1. The first-order valence-corrected chi connectivity index (χ1v) is 12.5. The molecule has 1 aromatic carbocycles. The number of aliphatic hydroxyl groups is 1. The van der Waals surface area contributed by atoms with Crippen LogP contribution in [0.1, 0.15) is 56.4 Å². The number of benzene rings is 1. The summed E-state index contributed by atoms with van der Waals surface area (Å²) in [4.78, 5) is 22.2. The molecule has 3 aromatic rings. The monoisotopic (exact) mass is 495 g/mol. The van der Waals surface area contributed by atoms with Gasteiger partial charge in [0.05, 0.1) is 11.9 Å². The molecule has 1 aliphatic heterocycles. The Kier molecular flexibility index (Phi) is 7.85. The Bertz CT molecular complexity index is 1210. The molecule has 1 fully saturated rings.